The number of H-pyrrole nitrogens is 1. The lowest BCUT2D eigenvalue weighted by Crippen LogP contribution is -2.50. The first-order valence-corrected chi connectivity index (χ1v) is 15.4. The standard InChI is InChI=1S/C34H42N4O6/c1-34(2,3)44-33(43)35-20-21-10-12-23(13-11-21)30(39)38-17-16-26(22-8-6-5-7-9-22)29(38)31(40)37(4)25-14-15-27-24(18-25)19-28(36-27)32(41)42/h5-9,14-15,18-19,21,23,26,29,36H,10-13,16-17,20H2,1-4H3,(H,35,43)(H,41,42)/t21-,23-,26-,29-/m0/s1. The highest BCUT2D eigenvalue weighted by atomic mass is 16.6. The number of likely N-dealkylation sites (tertiary alicyclic amines) is 1. The van der Waals surface area contributed by atoms with Crippen LogP contribution in [0.2, 0.25) is 0 Å². The number of aromatic carboxylic acids is 1. The van der Waals surface area contributed by atoms with Gasteiger partial charge in [0, 0.05) is 48.6 Å². The van der Waals surface area contributed by atoms with Crippen LogP contribution in [0.3, 0.4) is 0 Å². The zero-order valence-electron chi connectivity index (χ0n) is 25.8. The molecule has 3 amide bonds. The number of amides is 3. The van der Waals surface area contributed by atoms with Gasteiger partial charge in [0.05, 0.1) is 0 Å². The van der Waals surface area contributed by atoms with E-state index >= 15 is 0 Å². The minimum absolute atomic E-state index is 0.0147. The van der Waals surface area contributed by atoms with Crippen molar-refractivity contribution >= 4 is 40.5 Å². The van der Waals surface area contributed by atoms with Crippen molar-refractivity contribution in [1.82, 2.24) is 15.2 Å². The van der Waals surface area contributed by atoms with Gasteiger partial charge in [-0.1, -0.05) is 30.3 Å². The van der Waals surface area contributed by atoms with Gasteiger partial charge in [0.2, 0.25) is 11.8 Å². The van der Waals surface area contributed by atoms with E-state index in [-0.39, 0.29) is 35.3 Å². The van der Waals surface area contributed by atoms with E-state index in [0.717, 1.165) is 18.4 Å². The Morgan fingerprint density at radius 1 is 1.00 bits per heavy atom. The number of nitrogens with zero attached hydrogens (tertiary/aromatic N) is 2. The maximum Gasteiger partial charge on any atom is 0.407 e. The number of carboxylic acid groups (broad SMARTS) is 1. The molecule has 2 aliphatic rings. The smallest absolute Gasteiger partial charge is 0.407 e. The average molecular weight is 603 g/mol. The summed E-state index contributed by atoms with van der Waals surface area (Å²) in [5.74, 6) is -1.25. The van der Waals surface area contributed by atoms with E-state index in [1.807, 2.05) is 51.1 Å². The molecule has 0 unspecified atom stereocenters. The van der Waals surface area contributed by atoms with Gasteiger partial charge in [-0.15, -0.1) is 0 Å². The van der Waals surface area contributed by atoms with Gasteiger partial charge in [0.1, 0.15) is 17.3 Å². The maximum absolute atomic E-state index is 14.3. The fourth-order valence-corrected chi connectivity index (χ4v) is 6.55. The van der Waals surface area contributed by atoms with Crippen LogP contribution in [-0.2, 0) is 14.3 Å². The molecule has 1 saturated heterocycles. The van der Waals surface area contributed by atoms with Crippen LogP contribution in [-0.4, -0.2) is 70.6 Å². The van der Waals surface area contributed by atoms with Gasteiger partial charge >= 0.3 is 12.1 Å². The Kier molecular flexibility index (Phi) is 8.99. The van der Waals surface area contributed by atoms with E-state index in [1.54, 1.807) is 41.1 Å². The number of carbonyl (C=O) groups is 4. The highest BCUT2D eigenvalue weighted by molar-refractivity contribution is 6.02. The molecule has 2 heterocycles. The fraction of sp³-hybridized carbons (Fsp3) is 0.471. The highest BCUT2D eigenvalue weighted by Crippen LogP contribution is 2.39. The fourth-order valence-electron chi connectivity index (χ4n) is 6.55. The summed E-state index contributed by atoms with van der Waals surface area (Å²) < 4.78 is 5.35. The lowest BCUT2D eigenvalue weighted by molar-refractivity contribution is -0.142. The summed E-state index contributed by atoms with van der Waals surface area (Å²) in [7, 11) is 1.71. The van der Waals surface area contributed by atoms with Crippen LogP contribution in [0.25, 0.3) is 10.9 Å². The first kappa shape index (κ1) is 31.1. The molecule has 2 atom stereocenters. The van der Waals surface area contributed by atoms with Crippen LogP contribution in [0, 0.1) is 11.8 Å². The number of ether oxygens (including phenoxy) is 1. The third kappa shape index (κ3) is 6.90. The van der Waals surface area contributed by atoms with Gasteiger partial charge < -0.3 is 29.9 Å². The predicted octanol–water partition coefficient (Wildman–Crippen LogP) is 5.54. The summed E-state index contributed by atoms with van der Waals surface area (Å²) in [5.41, 5.74) is 1.85. The Hall–Kier alpha value is -4.34. The molecule has 2 aromatic carbocycles. The first-order chi connectivity index (χ1) is 20.9. The van der Waals surface area contributed by atoms with Crippen molar-refractivity contribution in [2.24, 2.45) is 11.8 Å². The topological polar surface area (TPSA) is 132 Å². The van der Waals surface area contributed by atoms with E-state index in [4.69, 9.17) is 4.74 Å². The van der Waals surface area contributed by atoms with Gasteiger partial charge in [-0.2, -0.15) is 0 Å². The molecule has 3 N–H and O–H groups in total. The van der Waals surface area contributed by atoms with E-state index < -0.39 is 23.7 Å². The van der Waals surface area contributed by atoms with E-state index in [2.05, 4.69) is 10.3 Å². The summed E-state index contributed by atoms with van der Waals surface area (Å²) in [6.07, 6.45) is 3.31. The molecule has 44 heavy (non-hydrogen) atoms. The molecule has 0 spiro atoms. The van der Waals surface area contributed by atoms with Crippen molar-refractivity contribution in [2.45, 2.75) is 70.4 Å². The number of aromatic amines is 1. The molecular weight excluding hydrogens is 560 g/mol. The Labute approximate surface area is 257 Å². The molecule has 1 aromatic heterocycles. The van der Waals surface area contributed by atoms with Crippen LogP contribution in [0.15, 0.2) is 54.6 Å². The normalized spacial score (nSPS) is 22.0. The average Bonchev–Trinajstić information content (AvgIpc) is 3.64. The van der Waals surface area contributed by atoms with Crippen LogP contribution >= 0.6 is 0 Å². The quantitative estimate of drug-likeness (QED) is 0.325. The van der Waals surface area contributed by atoms with Crippen molar-refractivity contribution in [3.8, 4) is 0 Å². The number of rotatable bonds is 7. The SMILES string of the molecule is CN(C(=O)[C@@H]1[C@H](c2ccccc2)CCN1C(=O)[C@H]1CC[C@H](CNC(=O)OC(C)(C)C)CC1)c1ccc2[nH]c(C(=O)O)cc2c1. The molecular formula is C34H42N4O6. The summed E-state index contributed by atoms with van der Waals surface area (Å²) in [5, 5.41) is 12.9. The summed E-state index contributed by atoms with van der Waals surface area (Å²) in [6.45, 7) is 6.51. The Morgan fingerprint density at radius 2 is 1.70 bits per heavy atom. The van der Waals surface area contributed by atoms with Crippen LogP contribution < -0.4 is 10.2 Å². The minimum Gasteiger partial charge on any atom is -0.477 e. The number of hydrogen-bond acceptors (Lipinski definition) is 5. The molecule has 3 aromatic rings. The van der Waals surface area contributed by atoms with E-state index in [1.165, 1.54) is 0 Å². The third-order valence-electron chi connectivity index (χ3n) is 8.84. The lowest BCUT2D eigenvalue weighted by Gasteiger charge is -2.35. The first-order valence-electron chi connectivity index (χ1n) is 15.4. The second kappa shape index (κ2) is 12.7. The van der Waals surface area contributed by atoms with Gasteiger partial charge in [0.15, 0.2) is 0 Å². The zero-order chi connectivity index (χ0) is 31.6. The number of nitrogens with one attached hydrogen (secondary N) is 2. The van der Waals surface area contributed by atoms with E-state index in [0.29, 0.717) is 48.9 Å². The summed E-state index contributed by atoms with van der Waals surface area (Å²) in [6, 6.07) is 16.1. The number of hydrogen-bond donors (Lipinski definition) is 3. The van der Waals surface area contributed by atoms with Gasteiger partial charge in [0.25, 0.3) is 0 Å². The largest absolute Gasteiger partial charge is 0.477 e. The molecule has 0 radical (unpaired) electrons. The number of anilines is 1. The number of carbonyl (C=O) groups excluding carboxylic acids is 3. The number of likely N-dealkylation sites (N-methyl/N-ethyl adjacent to an activating group) is 1. The Balaban J connectivity index is 1.30. The summed E-state index contributed by atoms with van der Waals surface area (Å²) >= 11 is 0. The van der Waals surface area contributed by atoms with Crippen molar-refractivity contribution in [2.75, 3.05) is 25.0 Å². The van der Waals surface area contributed by atoms with E-state index in [9.17, 15) is 24.3 Å². The van der Waals surface area contributed by atoms with Crippen molar-refractivity contribution in [1.29, 1.82) is 0 Å². The molecule has 2 fully saturated rings. The minimum atomic E-state index is -1.05. The molecule has 5 rings (SSSR count). The molecule has 1 saturated carbocycles. The number of aromatic nitrogens is 1. The number of alkyl carbamates (subject to hydrolysis) is 1. The predicted molar refractivity (Wildman–Crippen MR) is 168 cm³/mol. The van der Waals surface area contributed by atoms with Crippen LogP contribution in [0.4, 0.5) is 10.5 Å². The molecule has 234 valence electrons. The van der Waals surface area contributed by atoms with Crippen LogP contribution in [0.1, 0.15) is 74.8 Å². The monoisotopic (exact) mass is 602 g/mol. The Bertz CT molecular complexity index is 1520. The number of fused-ring (bicyclic) bond motifs is 1. The Morgan fingerprint density at radius 3 is 2.36 bits per heavy atom. The highest BCUT2D eigenvalue weighted by Gasteiger charge is 2.45. The molecule has 0 bridgehead atoms. The maximum atomic E-state index is 14.3. The lowest BCUT2D eigenvalue weighted by atomic mass is 9.81. The zero-order valence-corrected chi connectivity index (χ0v) is 25.8. The molecule has 10 heteroatoms. The number of benzene rings is 2. The van der Waals surface area contributed by atoms with Gasteiger partial charge in [-0.3, -0.25) is 9.59 Å². The number of carboxylic acids is 1. The molecule has 1 aliphatic carbocycles. The van der Waals surface area contributed by atoms with Gasteiger partial charge in [-0.05, 0) is 88.6 Å². The van der Waals surface area contributed by atoms with Crippen molar-refractivity contribution < 1.29 is 29.0 Å². The van der Waals surface area contributed by atoms with Crippen molar-refractivity contribution in [3.05, 3.63) is 65.9 Å². The second-order valence-corrected chi connectivity index (χ2v) is 13.0. The van der Waals surface area contributed by atoms with Gasteiger partial charge in [-0.25, -0.2) is 9.59 Å². The van der Waals surface area contributed by atoms with Crippen LogP contribution in [0.5, 0.6) is 0 Å². The third-order valence-corrected chi connectivity index (χ3v) is 8.84. The second-order valence-electron chi connectivity index (χ2n) is 13.0. The molecule has 10 nitrogen and oxygen atoms in total. The molecule has 1 aliphatic heterocycles. The van der Waals surface area contributed by atoms with Crippen molar-refractivity contribution in [3.63, 3.8) is 0 Å². The summed E-state index contributed by atoms with van der Waals surface area (Å²) in [4.78, 5) is 58.1.